The number of aromatic amines is 1. The minimum absolute atomic E-state index is 0.0237. The van der Waals surface area contributed by atoms with Crippen molar-refractivity contribution in [2.75, 3.05) is 6.54 Å². The molecule has 0 saturated carbocycles. The van der Waals surface area contributed by atoms with Crippen LogP contribution in [0.1, 0.15) is 72.4 Å². The van der Waals surface area contributed by atoms with Crippen LogP contribution in [0.4, 0.5) is 0 Å². The van der Waals surface area contributed by atoms with Crippen LogP contribution in [-0.2, 0) is 0 Å². The van der Waals surface area contributed by atoms with Crippen LogP contribution < -0.4 is 16.6 Å². The van der Waals surface area contributed by atoms with Gasteiger partial charge >= 0.3 is 0 Å². The van der Waals surface area contributed by atoms with E-state index in [9.17, 15) is 4.79 Å². The van der Waals surface area contributed by atoms with Crippen molar-refractivity contribution in [3.05, 3.63) is 82.0 Å². The van der Waals surface area contributed by atoms with Crippen LogP contribution in [0.2, 0.25) is 0 Å². The minimum atomic E-state index is -0.116. The van der Waals surface area contributed by atoms with E-state index in [2.05, 4.69) is 50.7 Å². The molecule has 0 aliphatic heterocycles. The molecular weight excluding hydrogens is 370 g/mol. The van der Waals surface area contributed by atoms with Gasteiger partial charge in [-0.3, -0.25) is 4.79 Å². The SMILES string of the molecule is C=C/C=C\C(=C/C)N/C(=C\CC)c1c(/C=C(\C)CC(C)(C)CN)cc[nH]c1=O.CC. The lowest BCUT2D eigenvalue weighted by Crippen LogP contribution is -2.23. The van der Waals surface area contributed by atoms with Crippen LogP contribution in [0.5, 0.6) is 0 Å². The fourth-order valence-corrected chi connectivity index (χ4v) is 2.99. The first kappa shape index (κ1) is 27.4. The van der Waals surface area contributed by atoms with E-state index in [1.807, 2.05) is 51.1 Å². The quantitative estimate of drug-likeness (QED) is 0.403. The van der Waals surface area contributed by atoms with Gasteiger partial charge in [-0.1, -0.05) is 77.2 Å². The van der Waals surface area contributed by atoms with E-state index in [-0.39, 0.29) is 11.0 Å². The molecule has 0 unspecified atom stereocenters. The van der Waals surface area contributed by atoms with E-state index in [0.29, 0.717) is 12.1 Å². The Balaban J connectivity index is 0.00000407. The molecule has 1 aromatic rings. The molecule has 4 N–H and O–H groups in total. The van der Waals surface area contributed by atoms with E-state index < -0.39 is 0 Å². The summed E-state index contributed by atoms with van der Waals surface area (Å²) < 4.78 is 0. The van der Waals surface area contributed by atoms with Gasteiger partial charge in [0.25, 0.3) is 5.56 Å². The molecule has 0 atom stereocenters. The Labute approximate surface area is 183 Å². The molecule has 0 aliphatic rings. The van der Waals surface area contributed by atoms with Crippen molar-refractivity contribution in [3.63, 3.8) is 0 Å². The lowest BCUT2D eigenvalue weighted by Gasteiger charge is -2.22. The normalized spacial score (nSPS) is 13.1. The van der Waals surface area contributed by atoms with Crippen molar-refractivity contribution in [2.45, 2.75) is 61.3 Å². The van der Waals surface area contributed by atoms with Gasteiger partial charge in [0.2, 0.25) is 0 Å². The summed E-state index contributed by atoms with van der Waals surface area (Å²) in [6.45, 7) is 18.7. The monoisotopic (exact) mass is 411 g/mol. The molecule has 1 rings (SSSR count). The first-order valence-corrected chi connectivity index (χ1v) is 10.8. The summed E-state index contributed by atoms with van der Waals surface area (Å²) in [5.41, 5.74) is 10.2. The standard InChI is InChI=1S/C24H35N3O.C2H6/c1-7-10-12-20(9-3)27-21(11-8-2)22-19(13-14-26-23(22)28)15-18(4)16-24(5,6)17-25;1-2/h7,9-15,27H,1,8,16-17,25H2,2-6H3,(H,26,28);1-2H3/b12-10-,18-15+,20-9+,21-11-;. The molecule has 30 heavy (non-hydrogen) atoms. The van der Waals surface area contributed by atoms with Crippen molar-refractivity contribution >= 4 is 11.8 Å². The fourth-order valence-electron chi connectivity index (χ4n) is 2.99. The largest absolute Gasteiger partial charge is 0.355 e. The third kappa shape index (κ3) is 9.27. The lowest BCUT2D eigenvalue weighted by molar-refractivity contribution is 0.376. The molecule has 0 aliphatic carbocycles. The molecule has 0 spiro atoms. The smallest absolute Gasteiger partial charge is 0.257 e. The number of nitrogens with two attached hydrogens (primary N) is 1. The number of rotatable bonds is 10. The van der Waals surface area contributed by atoms with Gasteiger partial charge in [-0.05, 0) is 56.4 Å². The molecule has 0 bridgehead atoms. The highest BCUT2D eigenvalue weighted by molar-refractivity contribution is 5.74. The number of hydrogen-bond donors (Lipinski definition) is 3. The van der Waals surface area contributed by atoms with Gasteiger partial charge < -0.3 is 16.0 Å². The number of pyridine rings is 1. The van der Waals surface area contributed by atoms with Gasteiger partial charge in [0.1, 0.15) is 0 Å². The molecule has 0 fully saturated rings. The highest BCUT2D eigenvalue weighted by atomic mass is 16.1. The molecule has 0 radical (unpaired) electrons. The van der Waals surface area contributed by atoms with E-state index in [4.69, 9.17) is 5.73 Å². The maximum absolute atomic E-state index is 12.7. The lowest BCUT2D eigenvalue weighted by atomic mass is 9.85. The van der Waals surface area contributed by atoms with E-state index >= 15 is 0 Å². The molecule has 0 amide bonds. The predicted molar refractivity (Wildman–Crippen MR) is 134 cm³/mol. The first-order valence-electron chi connectivity index (χ1n) is 10.8. The van der Waals surface area contributed by atoms with E-state index in [0.717, 1.165) is 29.8 Å². The van der Waals surface area contributed by atoms with Gasteiger partial charge in [0.05, 0.1) is 5.56 Å². The topological polar surface area (TPSA) is 70.9 Å². The van der Waals surface area contributed by atoms with Crippen LogP contribution in [0.15, 0.2) is 65.3 Å². The Hall–Kier alpha value is -2.59. The molecule has 4 heteroatoms. The van der Waals surface area contributed by atoms with Crippen molar-refractivity contribution in [1.29, 1.82) is 0 Å². The Kier molecular flexibility index (Phi) is 13.2. The highest BCUT2D eigenvalue weighted by Crippen LogP contribution is 2.26. The maximum Gasteiger partial charge on any atom is 0.257 e. The van der Waals surface area contributed by atoms with Crippen LogP contribution in [0.25, 0.3) is 11.8 Å². The molecule has 0 saturated heterocycles. The van der Waals surface area contributed by atoms with Crippen molar-refractivity contribution in [1.82, 2.24) is 10.3 Å². The number of hydrogen-bond acceptors (Lipinski definition) is 3. The Morgan fingerprint density at radius 2 is 2.00 bits per heavy atom. The second kappa shape index (κ2) is 14.4. The van der Waals surface area contributed by atoms with Gasteiger partial charge in [-0.15, -0.1) is 0 Å². The third-order valence-corrected chi connectivity index (χ3v) is 4.38. The van der Waals surface area contributed by atoms with Gasteiger partial charge in [0.15, 0.2) is 0 Å². The zero-order valence-electron chi connectivity index (χ0n) is 19.9. The van der Waals surface area contributed by atoms with Crippen LogP contribution in [0, 0.1) is 5.41 Å². The number of aromatic nitrogens is 1. The summed E-state index contributed by atoms with van der Waals surface area (Å²) in [6, 6.07) is 1.94. The first-order chi connectivity index (χ1) is 14.3. The van der Waals surface area contributed by atoms with Crippen LogP contribution in [0.3, 0.4) is 0 Å². The van der Waals surface area contributed by atoms with Crippen molar-refractivity contribution in [2.24, 2.45) is 11.1 Å². The maximum atomic E-state index is 12.7. The Morgan fingerprint density at radius 1 is 1.33 bits per heavy atom. The summed E-state index contributed by atoms with van der Waals surface area (Å²) in [5, 5.41) is 3.39. The summed E-state index contributed by atoms with van der Waals surface area (Å²) >= 11 is 0. The molecule has 0 aromatic carbocycles. The van der Waals surface area contributed by atoms with E-state index in [1.165, 1.54) is 5.57 Å². The highest BCUT2D eigenvalue weighted by Gasteiger charge is 2.17. The molecule has 1 aromatic heterocycles. The number of allylic oxidation sites excluding steroid dienone is 6. The second-order valence-corrected chi connectivity index (χ2v) is 7.66. The summed E-state index contributed by atoms with van der Waals surface area (Å²) in [6.07, 6.45) is 15.0. The van der Waals surface area contributed by atoms with Crippen molar-refractivity contribution < 1.29 is 0 Å². The zero-order valence-corrected chi connectivity index (χ0v) is 19.9. The number of nitrogens with one attached hydrogen (secondary N) is 2. The van der Waals surface area contributed by atoms with Crippen LogP contribution >= 0.6 is 0 Å². The molecule has 166 valence electrons. The minimum Gasteiger partial charge on any atom is -0.355 e. The van der Waals surface area contributed by atoms with E-state index in [1.54, 1.807) is 12.3 Å². The second-order valence-electron chi connectivity index (χ2n) is 7.66. The fraction of sp³-hybridized carbons (Fsp3) is 0.423. The van der Waals surface area contributed by atoms with Crippen LogP contribution in [-0.4, -0.2) is 11.5 Å². The predicted octanol–water partition coefficient (Wildman–Crippen LogP) is 6.17. The summed E-state index contributed by atoms with van der Waals surface area (Å²) in [7, 11) is 0. The van der Waals surface area contributed by atoms with Gasteiger partial charge in [-0.25, -0.2) is 0 Å². The average Bonchev–Trinajstić information content (AvgIpc) is 2.71. The zero-order chi connectivity index (χ0) is 23.2. The third-order valence-electron chi connectivity index (χ3n) is 4.38. The average molecular weight is 412 g/mol. The van der Waals surface area contributed by atoms with Crippen molar-refractivity contribution in [3.8, 4) is 0 Å². The molecular formula is C26H41N3O. The number of H-pyrrole nitrogens is 1. The Bertz CT molecular complexity index is 836. The summed E-state index contributed by atoms with van der Waals surface area (Å²) in [5.74, 6) is 0. The van der Waals surface area contributed by atoms with Gasteiger partial charge in [-0.2, -0.15) is 0 Å². The molecule has 1 heterocycles. The Morgan fingerprint density at radius 3 is 2.53 bits per heavy atom. The summed E-state index contributed by atoms with van der Waals surface area (Å²) in [4.78, 5) is 15.5. The van der Waals surface area contributed by atoms with Gasteiger partial charge in [0, 0.05) is 17.6 Å². The molecule has 4 nitrogen and oxygen atoms in total.